The summed E-state index contributed by atoms with van der Waals surface area (Å²) < 4.78 is 4.99. The number of benzene rings is 1. The van der Waals surface area contributed by atoms with Crippen LogP contribution >= 0.6 is 34.7 Å². The van der Waals surface area contributed by atoms with Crippen molar-refractivity contribution in [3.05, 3.63) is 45.3 Å². The van der Waals surface area contributed by atoms with Gasteiger partial charge in [-0.1, -0.05) is 11.6 Å². The topological polar surface area (TPSA) is 79.2 Å². The van der Waals surface area contributed by atoms with Gasteiger partial charge in [0.05, 0.1) is 12.2 Å². The highest BCUT2D eigenvalue weighted by Gasteiger charge is 2.22. The van der Waals surface area contributed by atoms with Crippen molar-refractivity contribution >= 4 is 51.6 Å². The van der Waals surface area contributed by atoms with E-state index in [9.17, 15) is 14.9 Å². The molecule has 0 aliphatic rings. The Kier molecular flexibility index (Phi) is 8.17. The first-order valence-corrected chi connectivity index (χ1v) is 10.5. The molecule has 27 heavy (non-hydrogen) atoms. The molecule has 142 valence electrons. The number of anilines is 1. The van der Waals surface area contributed by atoms with Gasteiger partial charge < -0.3 is 10.1 Å². The van der Waals surface area contributed by atoms with Gasteiger partial charge in [-0.25, -0.2) is 4.79 Å². The monoisotopic (exact) mass is 422 g/mol. The molecular formula is C19H19ClN2O3S2. The van der Waals surface area contributed by atoms with E-state index in [4.69, 9.17) is 16.3 Å². The van der Waals surface area contributed by atoms with Crippen molar-refractivity contribution in [3.63, 3.8) is 0 Å². The predicted octanol–water partition coefficient (Wildman–Crippen LogP) is 5.27. The summed E-state index contributed by atoms with van der Waals surface area (Å²) in [4.78, 5) is 25.6. The minimum absolute atomic E-state index is 0.181. The van der Waals surface area contributed by atoms with E-state index in [0.29, 0.717) is 38.9 Å². The summed E-state index contributed by atoms with van der Waals surface area (Å²) in [5.74, 6) is 0.133. The number of carbonyl (C=O) groups excluding carboxylic acids is 2. The van der Waals surface area contributed by atoms with Crippen molar-refractivity contribution in [1.82, 2.24) is 0 Å². The molecule has 0 aliphatic heterocycles. The number of nitriles is 1. The van der Waals surface area contributed by atoms with Crippen LogP contribution < -0.4 is 5.32 Å². The highest BCUT2D eigenvalue weighted by molar-refractivity contribution is 7.99. The molecule has 2 rings (SSSR count). The maximum atomic E-state index is 12.2. The zero-order chi connectivity index (χ0) is 19.8. The molecule has 0 bridgehead atoms. The van der Waals surface area contributed by atoms with Crippen molar-refractivity contribution in [2.45, 2.75) is 31.6 Å². The number of rotatable bonds is 8. The molecule has 0 aliphatic carbocycles. The van der Waals surface area contributed by atoms with Crippen molar-refractivity contribution < 1.29 is 14.3 Å². The van der Waals surface area contributed by atoms with Gasteiger partial charge in [-0.3, -0.25) is 4.79 Å². The van der Waals surface area contributed by atoms with E-state index in [2.05, 4.69) is 11.4 Å². The van der Waals surface area contributed by atoms with E-state index in [1.807, 2.05) is 24.3 Å². The SMILES string of the molecule is CCOC(=O)c1sc(NC(=O)CCCSc2ccc(Cl)cc2)c(C#N)c1C. The van der Waals surface area contributed by atoms with E-state index in [0.717, 1.165) is 22.0 Å². The molecule has 8 heteroatoms. The van der Waals surface area contributed by atoms with Crippen molar-refractivity contribution in [2.24, 2.45) is 0 Å². The zero-order valence-corrected chi connectivity index (χ0v) is 17.4. The van der Waals surface area contributed by atoms with Gasteiger partial charge in [-0.15, -0.1) is 23.1 Å². The minimum Gasteiger partial charge on any atom is -0.462 e. The molecule has 2 aromatic rings. The Morgan fingerprint density at radius 1 is 1.33 bits per heavy atom. The first-order valence-electron chi connectivity index (χ1n) is 8.35. The van der Waals surface area contributed by atoms with Crippen molar-refractivity contribution in [3.8, 4) is 6.07 Å². The number of nitrogens with one attached hydrogen (secondary N) is 1. The number of hydrogen-bond acceptors (Lipinski definition) is 6. The van der Waals surface area contributed by atoms with E-state index >= 15 is 0 Å². The summed E-state index contributed by atoms with van der Waals surface area (Å²) in [6, 6.07) is 9.60. The molecule has 5 nitrogen and oxygen atoms in total. The Bertz CT molecular complexity index is 857. The zero-order valence-electron chi connectivity index (χ0n) is 15.0. The number of halogens is 1. The third kappa shape index (κ3) is 5.99. The minimum atomic E-state index is -0.476. The van der Waals surface area contributed by atoms with Crippen LogP contribution in [0.4, 0.5) is 5.00 Å². The summed E-state index contributed by atoms with van der Waals surface area (Å²) in [5, 5.41) is 13.2. The molecule has 1 aromatic carbocycles. The van der Waals surface area contributed by atoms with Gasteiger partial charge in [0.2, 0.25) is 5.91 Å². The molecule has 0 saturated carbocycles. The molecule has 0 spiro atoms. The third-order valence-corrected chi connectivity index (χ3v) is 6.14. The van der Waals surface area contributed by atoms with Crippen LogP contribution in [0.15, 0.2) is 29.2 Å². The van der Waals surface area contributed by atoms with Gasteiger partial charge in [-0.05, 0) is 55.9 Å². The van der Waals surface area contributed by atoms with Gasteiger partial charge in [0.15, 0.2) is 0 Å². The second-order valence-electron chi connectivity index (χ2n) is 5.55. The number of carbonyl (C=O) groups is 2. The first kappa shape index (κ1) is 21.3. The van der Waals surface area contributed by atoms with Gasteiger partial charge in [0, 0.05) is 16.3 Å². The largest absolute Gasteiger partial charge is 0.462 e. The Morgan fingerprint density at radius 2 is 2.04 bits per heavy atom. The van der Waals surface area contributed by atoms with Crippen LogP contribution in [0, 0.1) is 18.3 Å². The molecule has 0 atom stereocenters. The normalized spacial score (nSPS) is 10.3. The van der Waals surface area contributed by atoms with Gasteiger partial charge in [0.1, 0.15) is 15.9 Å². The Hall–Kier alpha value is -2.01. The molecular weight excluding hydrogens is 404 g/mol. The Labute approximate surface area is 171 Å². The second kappa shape index (κ2) is 10.4. The number of thioether (sulfide) groups is 1. The number of ether oxygens (including phenoxy) is 1. The van der Waals surface area contributed by atoms with E-state index in [-0.39, 0.29) is 12.5 Å². The van der Waals surface area contributed by atoms with Gasteiger partial charge in [-0.2, -0.15) is 5.26 Å². The van der Waals surface area contributed by atoms with Crippen molar-refractivity contribution in [2.75, 3.05) is 17.7 Å². The third-order valence-electron chi connectivity index (χ3n) is 3.60. The van der Waals surface area contributed by atoms with Crippen LogP contribution in [0.2, 0.25) is 5.02 Å². The summed E-state index contributed by atoms with van der Waals surface area (Å²) in [7, 11) is 0. The number of hydrogen-bond donors (Lipinski definition) is 1. The molecule has 0 fully saturated rings. The summed E-state index contributed by atoms with van der Waals surface area (Å²) in [6.07, 6.45) is 1.02. The average Bonchev–Trinajstić information content (AvgIpc) is 2.95. The lowest BCUT2D eigenvalue weighted by Crippen LogP contribution is -2.11. The number of amides is 1. The second-order valence-corrected chi connectivity index (χ2v) is 8.17. The Balaban J connectivity index is 1.89. The summed E-state index contributed by atoms with van der Waals surface area (Å²) in [5.41, 5.74) is 0.849. The molecule has 0 saturated heterocycles. The van der Waals surface area contributed by atoms with E-state index < -0.39 is 5.97 Å². The van der Waals surface area contributed by atoms with E-state index in [1.54, 1.807) is 25.6 Å². The standard InChI is InChI=1S/C19H19ClN2O3S2/c1-3-25-19(24)17-12(2)15(11-21)18(27-17)22-16(23)5-4-10-26-14-8-6-13(20)7-9-14/h6-9H,3-5,10H2,1-2H3,(H,22,23). The number of thiophene rings is 1. The fourth-order valence-corrected chi connectivity index (χ4v) is 4.32. The lowest BCUT2D eigenvalue weighted by molar-refractivity contribution is -0.116. The highest BCUT2D eigenvalue weighted by Crippen LogP contribution is 2.33. The van der Waals surface area contributed by atoms with Crippen molar-refractivity contribution in [1.29, 1.82) is 5.26 Å². The van der Waals surface area contributed by atoms with Crippen LogP contribution in [0.1, 0.15) is 40.6 Å². The average molecular weight is 423 g/mol. The summed E-state index contributed by atoms with van der Waals surface area (Å²) >= 11 is 8.58. The fourth-order valence-electron chi connectivity index (χ4n) is 2.27. The maximum Gasteiger partial charge on any atom is 0.348 e. The van der Waals surface area contributed by atoms with Crippen LogP contribution in [0.5, 0.6) is 0 Å². The molecule has 1 N–H and O–H groups in total. The van der Waals surface area contributed by atoms with E-state index in [1.165, 1.54) is 0 Å². The molecule has 1 heterocycles. The maximum absolute atomic E-state index is 12.2. The van der Waals surface area contributed by atoms with Gasteiger partial charge in [0.25, 0.3) is 0 Å². The first-order chi connectivity index (χ1) is 13.0. The molecule has 1 amide bonds. The lowest BCUT2D eigenvalue weighted by atomic mass is 10.1. The van der Waals surface area contributed by atoms with Crippen LogP contribution in [-0.2, 0) is 9.53 Å². The Morgan fingerprint density at radius 3 is 2.67 bits per heavy atom. The number of esters is 1. The highest BCUT2D eigenvalue weighted by atomic mass is 35.5. The number of nitrogens with zero attached hydrogens (tertiary/aromatic N) is 1. The molecule has 0 unspecified atom stereocenters. The van der Waals surface area contributed by atoms with Crippen LogP contribution in [0.25, 0.3) is 0 Å². The summed E-state index contributed by atoms with van der Waals surface area (Å²) in [6.45, 7) is 3.65. The molecule has 1 aromatic heterocycles. The quantitative estimate of drug-likeness (QED) is 0.356. The predicted molar refractivity (Wildman–Crippen MR) is 110 cm³/mol. The lowest BCUT2D eigenvalue weighted by Gasteiger charge is -2.04. The fraction of sp³-hybridized carbons (Fsp3) is 0.316. The smallest absolute Gasteiger partial charge is 0.348 e. The van der Waals surface area contributed by atoms with Gasteiger partial charge >= 0.3 is 5.97 Å². The molecule has 0 radical (unpaired) electrons. The van der Waals surface area contributed by atoms with Crippen LogP contribution in [-0.4, -0.2) is 24.2 Å². The van der Waals surface area contributed by atoms with Crippen LogP contribution in [0.3, 0.4) is 0 Å².